The molecule has 284 valence electrons. The van der Waals surface area contributed by atoms with E-state index in [9.17, 15) is 32.7 Å². The predicted molar refractivity (Wildman–Crippen MR) is 192 cm³/mol. The number of nitrogens with zero attached hydrogens (tertiary/aromatic N) is 2. The molecule has 0 radical (unpaired) electrons. The van der Waals surface area contributed by atoms with E-state index < -0.39 is 70.8 Å². The van der Waals surface area contributed by atoms with Gasteiger partial charge in [-0.05, 0) is 113 Å². The molecule has 5 rings (SSSR count). The molecule has 1 aliphatic heterocycles. The summed E-state index contributed by atoms with van der Waals surface area (Å²) in [6, 6.07) is 2.70. The number of carboxylic acids is 1. The summed E-state index contributed by atoms with van der Waals surface area (Å²) in [7, 11) is 0. The lowest BCUT2D eigenvalue weighted by Crippen LogP contribution is -2.41. The Labute approximate surface area is 306 Å². The Hall–Kier alpha value is -4.50. The fourth-order valence-corrected chi connectivity index (χ4v) is 7.83. The van der Waals surface area contributed by atoms with Crippen LogP contribution in [0.1, 0.15) is 116 Å². The van der Waals surface area contributed by atoms with Crippen LogP contribution >= 0.6 is 0 Å². The van der Waals surface area contributed by atoms with Gasteiger partial charge in [0.05, 0.1) is 23.6 Å². The van der Waals surface area contributed by atoms with E-state index in [1.165, 1.54) is 13.0 Å². The number of alkyl halides is 3. The SMILES string of the molecule is CC#Cc1cc(-c2c(C)cc(C)cc2C)c(F)c(C(CC(=O)O)NC(=O)C(CC(C)C)n2cc(C3CCN(C4CC4)CC3)c(C(F)(F)F)cc2=O)c1F. The zero-order valence-electron chi connectivity index (χ0n) is 30.9. The number of halogens is 5. The molecule has 3 aromatic rings. The molecule has 1 aliphatic carbocycles. The molecule has 1 saturated carbocycles. The minimum atomic E-state index is -4.82. The number of hydrogen-bond acceptors (Lipinski definition) is 4. The lowest BCUT2D eigenvalue weighted by Gasteiger charge is -2.34. The summed E-state index contributed by atoms with van der Waals surface area (Å²) in [4.78, 5) is 42.2. The third kappa shape index (κ3) is 8.84. The Balaban J connectivity index is 1.61. The summed E-state index contributed by atoms with van der Waals surface area (Å²) in [6.45, 7) is 11.6. The van der Waals surface area contributed by atoms with Crippen LogP contribution in [0.5, 0.6) is 0 Å². The number of likely N-dealkylation sites (tertiary alicyclic amines) is 1. The lowest BCUT2D eigenvalue weighted by atomic mass is 9.87. The Morgan fingerprint density at radius 3 is 2.13 bits per heavy atom. The van der Waals surface area contributed by atoms with Crippen molar-refractivity contribution in [2.45, 2.75) is 110 Å². The maximum absolute atomic E-state index is 16.7. The van der Waals surface area contributed by atoms with Crippen LogP contribution in [0.15, 0.2) is 35.3 Å². The molecule has 2 aromatic carbocycles. The largest absolute Gasteiger partial charge is 0.481 e. The standard InChI is InChI=1S/C41H46F5N3O4/c1-7-8-27-18-29(36-24(5)16-23(4)17-25(36)6)39(43)37(38(27)42)32(20-35(51)52)47-40(53)33(15-22(2)3)49-21-30(31(19-34(49)50)41(44,45)46)26-11-13-48(14-12-26)28-9-10-28/h16-19,21-22,26,28,32-33H,9-15,20H2,1-6H3,(H,47,53)(H,51,52). The monoisotopic (exact) mass is 739 g/mol. The highest BCUT2D eigenvalue weighted by Gasteiger charge is 2.40. The number of benzene rings is 2. The maximum atomic E-state index is 16.7. The molecule has 2 fully saturated rings. The van der Waals surface area contributed by atoms with Crippen LogP contribution in [0.25, 0.3) is 11.1 Å². The summed E-state index contributed by atoms with van der Waals surface area (Å²) in [5, 5.41) is 12.4. The minimum Gasteiger partial charge on any atom is -0.481 e. The number of rotatable bonds is 11. The van der Waals surface area contributed by atoms with Gasteiger partial charge in [-0.15, -0.1) is 5.92 Å². The van der Waals surface area contributed by atoms with Crippen molar-refractivity contribution < 1.29 is 36.6 Å². The van der Waals surface area contributed by atoms with Crippen molar-refractivity contribution in [2.24, 2.45) is 5.92 Å². The Morgan fingerprint density at radius 1 is 0.981 bits per heavy atom. The van der Waals surface area contributed by atoms with Crippen molar-refractivity contribution >= 4 is 11.9 Å². The van der Waals surface area contributed by atoms with E-state index >= 15 is 8.78 Å². The average Bonchev–Trinajstić information content (AvgIpc) is 3.90. The second kappa shape index (κ2) is 15.8. The van der Waals surface area contributed by atoms with Gasteiger partial charge in [-0.2, -0.15) is 13.2 Å². The van der Waals surface area contributed by atoms with E-state index in [1.807, 2.05) is 19.1 Å². The molecule has 1 aromatic heterocycles. The number of piperidine rings is 1. The van der Waals surface area contributed by atoms with Gasteiger partial charge >= 0.3 is 12.1 Å². The van der Waals surface area contributed by atoms with Gasteiger partial charge in [0.2, 0.25) is 5.91 Å². The number of carboxylic acid groups (broad SMARTS) is 1. The first-order chi connectivity index (χ1) is 24.9. The van der Waals surface area contributed by atoms with Crippen molar-refractivity contribution in [2.75, 3.05) is 13.1 Å². The number of pyridine rings is 1. The molecule has 0 spiro atoms. The van der Waals surface area contributed by atoms with Gasteiger partial charge in [0.1, 0.15) is 17.7 Å². The molecular formula is C41H46F5N3O4. The van der Waals surface area contributed by atoms with Gasteiger partial charge in [0.25, 0.3) is 5.56 Å². The number of carbonyl (C=O) groups excluding carboxylic acids is 1. The maximum Gasteiger partial charge on any atom is 0.416 e. The first-order valence-corrected chi connectivity index (χ1v) is 18.0. The molecule has 2 unspecified atom stereocenters. The summed E-state index contributed by atoms with van der Waals surface area (Å²) < 4.78 is 77.2. The molecule has 7 nitrogen and oxygen atoms in total. The van der Waals surface area contributed by atoms with Crippen molar-refractivity contribution in [1.29, 1.82) is 0 Å². The van der Waals surface area contributed by atoms with Crippen LogP contribution in [0.2, 0.25) is 0 Å². The van der Waals surface area contributed by atoms with Gasteiger partial charge in [-0.1, -0.05) is 37.5 Å². The molecule has 0 bridgehead atoms. The molecule has 2 N–H and O–H groups in total. The first kappa shape index (κ1) is 39.7. The highest BCUT2D eigenvalue weighted by molar-refractivity contribution is 5.82. The van der Waals surface area contributed by atoms with Crippen LogP contribution in [0, 0.1) is 50.2 Å². The third-order valence-corrected chi connectivity index (χ3v) is 10.3. The van der Waals surface area contributed by atoms with Crippen LogP contribution in [0.4, 0.5) is 22.0 Å². The Bertz CT molecular complexity index is 1990. The number of aryl methyl sites for hydroxylation is 3. The number of amides is 1. The summed E-state index contributed by atoms with van der Waals surface area (Å²) >= 11 is 0. The summed E-state index contributed by atoms with van der Waals surface area (Å²) in [5.74, 6) is -0.238. The van der Waals surface area contributed by atoms with E-state index in [2.05, 4.69) is 22.1 Å². The number of hydrogen-bond donors (Lipinski definition) is 2. The highest BCUT2D eigenvalue weighted by Crippen LogP contribution is 2.41. The van der Waals surface area contributed by atoms with Crippen molar-refractivity contribution in [3.63, 3.8) is 0 Å². The van der Waals surface area contributed by atoms with Gasteiger partial charge in [0.15, 0.2) is 0 Å². The van der Waals surface area contributed by atoms with Crippen LogP contribution < -0.4 is 10.9 Å². The second-order valence-electron chi connectivity index (χ2n) is 14.9. The smallest absolute Gasteiger partial charge is 0.416 e. The molecule has 12 heteroatoms. The van der Waals surface area contributed by atoms with Crippen LogP contribution in [-0.2, 0) is 15.8 Å². The molecule has 1 saturated heterocycles. The van der Waals surface area contributed by atoms with E-state index in [1.54, 1.807) is 27.7 Å². The second-order valence-corrected chi connectivity index (χ2v) is 14.9. The van der Waals surface area contributed by atoms with Crippen LogP contribution in [0.3, 0.4) is 0 Å². The number of aromatic nitrogens is 1. The van der Waals surface area contributed by atoms with Crippen molar-refractivity contribution in [3.05, 3.63) is 91.4 Å². The minimum absolute atomic E-state index is 0.0320. The molecule has 2 atom stereocenters. The number of carbonyl (C=O) groups is 2. The highest BCUT2D eigenvalue weighted by atomic mass is 19.4. The fraction of sp³-hybridized carbons (Fsp3) is 0.488. The molecule has 2 aliphatic rings. The fourth-order valence-electron chi connectivity index (χ4n) is 7.83. The van der Waals surface area contributed by atoms with Crippen molar-refractivity contribution in [1.82, 2.24) is 14.8 Å². The first-order valence-electron chi connectivity index (χ1n) is 18.0. The van der Waals surface area contributed by atoms with Gasteiger partial charge < -0.3 is 19.9 Å². The van der Waals surface area contributed by atoms with E-state index in [-0.39, 0.29) is 29.0 Å². The topological polar surface area (TPSA) is 91.6 Å². The molecule has 1 amide bonds. The molecule has 53 heavy (non-hydrogen) atoms. The van der Waals surface area contributed by atoms with Gasteiger partial charge in [-0.3, -0.25) is 14.4 Å². The quantitative estimate of drug-likeness (QED) is 0.152. The summed E-state index contributed by atoms with van der Waals surface area (Å²) in [6.07, 6.45) is -1.67. The average molecular weight is 740 g/mol. The van der Waals surface area contributed by atoms with E-state index in [4.69, 9.17) is 0 Å². The van der Waals surface area contributed by atoms with Gasteiger partial charge in [-0.25, -0.2) is 8.78 Å². The molecular weight excluding hydrogens is 693 g/mol. The van der Waals surface area contributed by atoms with Gasteiger partial charge in [0, 0.05) is 29.4 Å². The van der Waals surface area contributed by atoms with Crippen LogP contribution in [-0.4, -0.2) is 45.6 Å². The third-order valence-electron chi connectivity index (χ3n) is 10.3. The Morgan fingerprint density at radius 2 is 1.60 bits per heavy atom. The number of aliphatic carboxylic acids is 1. The van der Waals surface area contributed by atoms with E-state index in [0.29, 0.717) is 54.7 Å². The zero-order chi connectivity index (χ0) is 38.9. The summed E-state index contributed by atoms with van der Waals surface area (Å²) in [5.41, 5.74) is -0.445. The lowest BCUT2D eigenvalue weighted by molar-refractivity contribution is -0.139. The Kier molecular flexibility index (Phi) is 11.9. The van der Waals surface area contributed by atoms with Crippen molar-refractivity contribution in [3.8, 4) is 23.0 Å². The zero-order valence-corrected chi connectivity index (χ0v) is 30.9. The van der Waals surface area contributed by atoms with E-state index in [0.717, 1.165) is 29.2 Å². The number of nitrogens with one attached hydrogen (secondary N) is 1. The predicted octanol–water partition coefficient (Wildman–Crippen LogP) is 8.37. The molecule has 2 heterocycles. The normalized spacial score (nSPS) is 16.6.